The Balaban J connectivity index is 1.57. The average Bonchev–Trinajstić information content (AvgIpc) is 3.24. The van der Waals surface area contributed by atoms with E-state index in [0.29, 0.717) is 30.4 Å². The van der Waals surface area contributed by atoms with Crippen LogP contribution in [0.5, 0.6) is 5.75 Å². The van der Waals surface area contributed by atoms with Crippen molar-refractivity contribution in [3.8, 4) is 5.75 Å². The number of para-hydroxylation sites is 1. The lowest BCUT2D eigenvalue weighted by Gasteiger charge is -2.24. The van der Waals surface area contributed by atoms with Crippen LogP contribution in [0.4, 0.5) is 11.6 Å². The zero-order valence-electron chi connectivity index (χ0n) is 17.7. The fourth-order valence-corrected chi connectivity index (χ4v) is 5.70. The molecule has 0 amide bonds. The van der Waals surface area contributed by atoms with E-state index >= 15 is 0 Å². The summed E-state index contributed by atoms with van der Waals surface area (Å²) < 4.78 is 33.5. The Morgan fingerprint density at radius 2 is 1.84 bits per heavy atom. The van der Waals surface area contributed by atoms with Crippen LogP contribution >= 0.6 is 0 Å². The van der Waals surface area contributed by atoms with Gasteiger partial charge in [0.2, 0.25) is 16.0 Å². The summed E-state index contributed by atoms with van der Waals surface area (Å²) >= 11 is 0. The smallest absolute Gasteiger partial charge is 0.247 e. The van der Waals surface area contributed by atoms with Gasteiger partial charge in [0.15, 0.2) is 0 Å². The molecule has 3 aromatic rings. The Kier molecular flexibility index (Phi) is 5.88. The molecular weight excluding hydrogens is 414 g/mol. The number of methoxy groups -OCH3 is 1. The highest BCUT2D eigenvalue weighted by Gasteiger charge is 2.38. The molecule has 0 bridgehead atoms. The minimum Gasteiger partial charge on any atom is -0.495 e. The first-order valence-corrected chi connectivity index (χ1v) is 11.5. The number of rotatable bonds is 6. The second kappa shape index (κ2) is 8.60. The van der Waals surface area contributed by atoms with Gasteiger partial charge in [-0.3, -0.25) is 4.98 Å². The minimum atomic E-state index is -3.71. The molecule has 0 radical (unpaired) electrons. The molecule has 162 valence electrons. The highest BCUT2D eigenvalue weighted by Crippen LogP contribution is 2.38. The zero-order valence-corrected chi connectivity index (χ0v) is 18.6. The molecule has 1 aliphatic rings. The molecule has 0 aliphatic carbocycles. The van der Waals surface area contributed by atoms with Crippen LogP contribution in [0, 0.1) is 13.8 Å². The minimum absolute atomic E-state index is 0.176. The first kappa shape index (κ1) is 21.2. The van der Waals surface area contributed by atoms with Crippen LogP contribution in [0.1, 0.15) is 36.0 Å². The lowest BCUT2D eigenvalue weighted by Crippen LogP contribution is -2.31. The van der Waals surface area contributed by atoms with Crippen molar-refractivity contribution in [3.05, 3.63) is 65.7 Å². The number of hydrogen-bond acceptors (Lipinski definition) is 7. The van der Waals surface area contributed by atoms with Crippen molar-refractivity contribution in [2.45, 2.75) is 37.6 Å². The van der Waals surface area contributed by atoms with Gasteiger partial charge in [-0.1, -0.05) is 12.1 Å². The summed E-state index contributed by atoms with van der Waals surface area (Å²) in [5, 5.41) is 3.15. The molecule has 0 spiro atoms. The van der Waals surface area contributed by atoms with Gasteiger partial charge in [-0.2, -0.15) is 4.31 Å². The van der Waals surface area contributed by atoms with Crippen molar-refractivity contribution in [1.82, 2.24) is 19.3 Å². The van der Waals surface area contributed by atoms with Gasteiger partial charge < -0.3 is 10.1 Å². The Morgan fingerprint density at radius 1 is 1.10 bits per heavy atom. The predicted molar refractivity (Wildman–Crippen MR) is 118 cm³/mol. The van der Waals surface area contributed by atoms with E-state index in [0.717, 1.165) is 23.5 Å². The standard InChI is InChI=1S/C22H25N5O3S/c1-15-13-16(2)25-22(24-15)26-17-10-11-18(23-14-17)19-7-6-12-27(19)31(28,29)21-9-5-4-8-20(21)30-3/h4-5,8-11,13-14,19H,6-7,12H2,1-3H3,(H,24,25,26). The van der Waals surface area contributed by atoms with Gasteiger partial charge in [0, 0.05) is 17.9 Å². The second-order valence-electron chi connectivity index (χ2n) is 7.50. The van der Waals surface area contributed by atoms with Crippen LogP contribution in [0.15, 0.2) is 53.6 Å². The molecule has 1 N–H and O–H groups in total. The highest BCUT2D eigenvalue weighted by molar-refractivity contribution is 7.89. The lowest BCUT2D eigenvalue weighted by molar-refractivity contribution is 0.377. The van der Waals surface area contributed by atoms with Crippen molar-refractivity contribution in [2.24, 2.45) is 0 Å². The van der Waals surface area contributed by atoms with Crippen LogP contribution in [0.25, 0.3) is 0 Å². The number of anilines is 2. The molecule has 9 heteroatoms. The summed E-state index contributed by atoms with van der Waals surface area (Å²) in [6.07, 6.45) is 3.17. The molecule has 1 aromatic carbocycles. The maximum absolute atomic E-state index is 13.4. The summed E-state index contributed by atoms with van der Waals surface area (Å²) in [7, 11) is -2.24. The van der Waals surface area contributed by atoms with Gasteiger partial charge in [0.25, 0.3) is 0 Å². The quantitative estimate of drug-likeness (QED) is 0.624. The molecule has 1 saturated heterocycles. The van der Waals surface area contributed by atoms with Crippen LogP contribution in [-0.4, -0.2) is 41.3 Å². The van der Waals surface area contributed by atoms with Gasteiger partial charge in [-0.25, -0.2) is 18.4 Å². The van der Waals surface area contributed by atoms with Crippen molar-refractivity contribution in [2.75, 3.05) is 19.0 Å². The number of aryl methyl sites for hydroxylation is 2. The number of ether oxygens (including phenoxy) is 1. The fraction of sp³-hybridized carbons (Fsp3) is 0.318. The topological polar surface area (TPSA) is 97.3 Å². The number of hydrogen-bond donors (Lipinski definition) is 1. The molecule has 31 heavy (non-hydrogen) atoms. The molecule has 1 atom stereocenters. The van der Waals surface area contributed by atoms with Gasteiger partial charge in [0.1, 0.15) is 10.6 Å². The Bertz CT molecular complexity index is 1160. The Labute approximate surface area is 182 Å². The van der Waals surface area contributed by atoms with E-state index in [1.807, 2.05) is 32.0 Å². The lowest BCUT2D eigenvalue weighted by atomic mass is 10.1. The first-order valence-electron chi connectivity index (χ1n) is 10.1. The van der Waals surface area contributed by atoms with E-state index in [9.17, 15) is 8.42 Å². The number of nitrogens with one attached hydrogen (secondary N) is 1. The van der Waals surface area contributed by atoms with Crippen molar-refractivity contribution >= 4 is 21.7 Å². The average molecular weight is 440 g/mol. The zero-order chi connectivity index (χ0) is 22.0. The van der Waals surface area contributed by atoms with E-state index in [4.69, 9.17) is 4.74 Å². The molecule has 2 aromatic heterocycles. The van der Waals surface area contributed by atoms with E-state index in [2.05, 4.69) is 20.3 Å². The van der Waals surface area contributed by atoms with Gasteiger partial charge in [-0.05, 0) is 57.0 Å². The Morgan fingerprint density at radius 3 is 2.52 bits per heavy atom. The van der Waals surface area contributed by atoms with Crippen LogP contribution < -0.4 is 10.1 Å². The largest absolute Gasteiger partial charge is 0.495 e. The molecule has 1 fully saturated rings. The van der Waals surface area contributed by atoms with Gasteiger partial charge in [0.05, 0.1) is 30.7 Å². The maximum atomic E-state index is 13.4. The third kappa shape index (κ3) is 4.38. The predicted octanol–water partition coefficient (Wildman–Crippen LogP) is 3.77. The molecule has 8 nitrogen and oxygen atoms in total. The molecule has 1 unspecified atom stereocenters. The number of aromatic nitrogens is 3. The van der Waals surface area contributed by atoms with Gasteiger partial charge in [-0.15, -0.1) is 0 Å². The maximum Gasteiger partial charge on any atom is 0.247 e. The highest BCUT2D eigenvalue weighted by atomic mass is 32.2. The molecular formula is C22H25N5O3S. The fourth-order valence-electron chi connectivity index (χ4n) is 3.87. The number of pyridine rings is 1. The SMILES string of the molecule is COc1ccccc1S(=O)(=O)N1CCCC1c1ccc(Nc2nc(C)cc(C)n2)cn1. The van der Waals surface area contributed by atoms with Crippen LogP contribution in [-0.2, 0) is 10.0 Å². The summed E-state index contributed by atoms with van der Waals surface area (Å²) in [5.41, 5.74) is 3.21. The van der Waals surface area contributed by atoms with E-state index in [1.54, 1.807) is 30.5 Å². The number of sulfonamides is 1. The molecule has 3 heterocycles. The monoisotopic (exact) mass is 439 g/mol. The van der Waals surface area contributed by atoms with Crippen molar-refractivity contribution in [1.29, 1.82) is 0 Å². The van der Waals surface area contributed by atoms with E-state index in [-0.39, 0.29) is 10.9 Å². The third-order valence-electron chi connectivity index (χ3n) is 5.23. The van der Waals surface area contributed by atoms with E-state index in [1.165, 1.54) is 11.4 Å². The summed E-state index contributed by atoms with van der Waals surface area (Å²) in [6, 6.07) is 12.0. The van der Waals surface area contributed by atoms with E-state index < -0.39 is 10.0 Å². The normalized spacial score (nSPS) is 16.9. The van der Waals surface area contributed by atoms with Crippen LogP contribution in [0.3, 0.4) is 0 Å². The third-order valence-corrected chi connectivity index (χ3v) is 7.17. The Hall–Kier alpha value is -3.04. The molecule has 4 rings (SSSR count). The van der Waals surface area contributed by atoms with Crippen molar-refractivity contribution in [3.63, 3.8) is 0 Å². The molecule has 1 aliphatic heterocycles. The van der Waals surface area contributed by atoms with Gasteiger partial charge >= 0.3 is 0 Å². The summed E-state index contributed by atoms with van der Waals surface area (Å²) in [4.78, 5) is 13.5. The number of benzene rings is 1. The second-order valence-corrected chi connectivity index (χ2v) is 9.35. The first-order chi connectivity index (χ1) is 14.9. The summed E-state index contributed by atoms with van der Waals surface area (Å²) in [5.74, 6) is 0.849. The van der Waals surface area contributed by atoms with Crippen molar-refractivity contribution < 1.29 is 13.2 Å². The molecule has 0 saturated carbocycles. The summed E-state index contributed by atoms with van der Waals surface area (Å²) in [6.45, 7) is 4.28. The van der Waals surface area contributed by atoms with Crippen LogP contribution in [0.2, 0.25) is 0 Å². The number of nitrogens with zero attached hydrogens (tertiary/aromatic N) is 4.